The van der Waals surface area contributed by atoms with E-state index in [0.29, 0.717) is 24.2 Å². The minimum Gasteiger partial charge on any atom is -0.337 e. The number of hydrogen-bond donors (Lipinski definition) is 0. The predicted octanol–water partition coefficient (Wildman–Crippen LogP) is 1.73. The topological polar surface area (TPSA) is 65.2 Å². The van der Waals surface area contributed by atoms with Crippen molar-refractivity contribution in [3.05, 3.63) is 53.1 Å². The van der Waals surface area contributed by atoms with Gasteiger partial charge in [0.25, 0.3) is 5.91 Å². The summed E-state index contributed by atoms with van der Waals surface area (Å²) in [7, 11) is 4.04. The lowest BCUT2D eigenvalue weighted by Crippen LogP contribution is -2.49. The van der Waals surface area contributed by atoms with Crippen LogP contribution in [0.3, 0.4) is 0 Å². The Kier molecular flexibility index (Phi) is 4.36. The molecule has 0 saturated carbocycles. The van der Waals surface area contributed by atoms with Crippen molar-refractivity contribution in [1.82, 2.24) is 19.4 Å². The van der Waals surface area contributed by atoms with Gasteiger partial charge in [-0.3, -0.25) is 9.69 Å². The Bertz CT molecular complexity index is 804. The first-order chi connectivity index (χ1) is 11.5. The van der Waals surface area contributed by atoms with Gasteiger partial charge in [-0.15, -0.1) is 0 Å². The van der Waals surface area contributed by atoms with Crippen molar-refractivity contribution < 1.29 is 4.79 Å². The molecule has 1 saturated heterocycles. The summed E-state index contributed by atoms with van der Waals surface area (Å²) in [5, 5.41) is 8.98. The smallest absolute Gasteiger partial charge is 0.254 e. The lowest BCUT2D eigenvalue weighted by molar-refractivity contribution is 0.0528. The largest absolute Gasteiger partial charge is 0.337 e. The highest BCUT2D eigenvalue weighted by atomic mass is 16.2. The van der Waals surface area contributed by atoms with Crippen molar-refractivity contribution in [2.24, 2.45) is 7.05 Å². The normalized spacial score (nSPS) is 18.4. The third kappa shape index (κ3) is 2.91. The van der Waals surface area contributed by atoms with Crippen LogP contribution in [0.25, 0.3) is 0 Å². The minimum absolute atomic E-state index is 0.0179. The third-order valence-corrected chi connectivity index (χ3v) is 4.68. The number of carbonyl (C=O) groups excluding carboxylic acids is 1. The van der Waals surface area contributed by atoms with Crippen LogP contribution in [0.1, 0.15) is 33.4 Å². The fourth-order valence-corrected chi connectivity index (χ4v) is 3.18. The fraction of sp³-hybridized carbons (Fsp3) is 0.389. The Morgan fingerprint density at radius 1 is 1.33 bits per heavy atom. The number of carbonyl (C=O) groups is 1. The second-order valence-corrected chi connectivity index (χ2v) is 6.29. The van der Waals surface area contributed by atoms with Crippen molar-refractivity contribution in [2.45, 2.75) is 13.0 Å². The number of aryl methyl sites for hydroxylation is 2. The maximum Gasteiger partial charge on any atom is 0.254 e. The average molecular weight is 323 g/mol. The van der Waals surface area contributed by atoms with Gasteiger partial charge in [-0.05, 0) is 37.7 Å². The van der Waals surface area contributed by atoms with Gasteiger partial charge in [0.1, 0.15) is 5.82 Å². The fourth-order valence-electron chi connectivity index (χ4n) is 3.18. The van der Waals surface area contributed by atoms with Gasteiger partial charge in [0.2, 0.25) is 0 Å². The van der Waals surface area contributed by atoms with Crippen LogP contribution in [0.5, 0.6) is 0 Å². The van der Waals surface area contributed by atoms with Crippen LogP contribution in [0, 0.1) is 18.3 Å². The van der Waals surface area contributed by atoms with Gasteiger partial charge in [0.15, 0.2) is 0 Å². The van der Waals surface area contributed by atoms with E-state index >= 15 is 0 Å². The molecule has 1 aliphatic heterocycles. The molecule has 2 heterocycles. The highest BCUT2D eigenvalue weighted by Gasteiger charge is 2.31. The summed E-state index contributed by atoms with van der Waals surface area (Å²) in [5.41, 5.74) is 2.08. The van der Waals surface area contributed by atoms with Gasteiger partial charge in [-0.1, -0.05) is 0 Å². The zero-order chi connectivity index (χ0) is 17.3. The maximum atomic E-state index is 12.9. The summed E-state index contributed by atoms with van der Waals surface area (Å²) in [4.78, 5) is 21.5. The molecule has 0 bridgehead atoms. The van der Waals surface area contributed by atoms with Crippen LogP contribution in [-0.2, 0) is 7.05 Å². The Hall–Kier alpha value is -2.65. The number of benzene rings is 1. The molecule has 6 nitrogen and oxygen atoms in total. The van der Waals surface area contributed by atoms with Crippen LogP contribution in [0.4, 0.5) is 0 Å². The quantitative estimate of drug-likeness (QED) is 0.844. The summed E-state index contributed by atoms with van der Waals surface area (Å²) in [6, 6.07) is 7.41. The predicted molar refractivity (Wildman–Crippen MR) is 90.4 cm³/mol. The first kappa shape index (κ1) is 16.2. The van der Waals surface area contributed by atoms with E-state index in [-0.39, 0.29) is 11.9 Å². The number of piperazine rings is 1. The molecule has 2 aromatic rings. The number of hydrogen-bond acceptors (Lipinski definition) is 4. The molecule has 3 rings (SSSR count). The number of aromatic nitrogens is 2. The number of imidazole rings is 1. The molecular weight excluding hydrogens is 302 g/mol. The Morgan fingerprint density at radius 3 is 2.75 bits per heavy atom. The Morgan fingerprint density at radius 2 is 2.12 bits per heavy atom. The van der Waals surface area contributed by atoms with Crippen LogP contribution >= 0.6 is 0 Å². The van der Waals surface area contributed by atoms with E-state index in [1.807, 2.05) is 29.6 Å². The van der Waals surface area contributed by atoms with Crippen molar-refractivity contribution in [3.8, 4) is 6.07 Å². The molecule has 124 valence electrons. The van der Waals surface area contributed by atoms with Crippen molar-refractivity contribution in [3.63, 3.8) is 0 Å². The first-order valence-electron chi connectivity index (χ1n) is 7.98. The van der Waals surface area contributed by atoms with Gasteiger partial charge >= 0.3 is 0 Å². The van der Waals surface area contributed by atoms with E-state index < -0.39 is 0 Å². The number of nitrogens with zero attached hydrogens (tertiary/aromatic N) is 5. The molecule has 1 aromatic heterocycles. The molecule has 6 heteroatoms. The summed E-state index contributed by atoms with van der Waals surface area (Å²) >= 11 is 0. The molecule has 1 amide bonds. The second kappa shape index (κ2) is 6.46. The SMILES string of the molecule is Cc1cc(C#N)ccc1C(=O)N1CCN(C)C(c2nccn2C)C1. The van der Waals surface area contributed by atoms with E-state index in [1.165, 1.54) is 0 Å². The summed E-state index contributed by atoms with van der Waals surface area (Å²) in [6.07, 6.45) is 3.71. The lowest BCUT2D eigenvalue weighted by atomic mass is 10.0. The Balaban J connectivity index is 1.83. The monoisotopic (exact) mass is 323 g/mol. The van der Waals surface area contributed by atoms with Crippen molar-refractivity contribution >= 4 is 5.91 Å². The van der Waals surface area contributed by atoms with E-state index in [0.717, 1.165) is 17.9 Å². The number of likely N-dealkylation sites (N-methyl/N-ethyl adjacent to an activating group) is 1. The highest BCUT2D eigenvalue weighted by molar-refractivity contribution is 5.95. The number of nitriles is 1. The summed E-state index contributed by atoms with van der Waals surface area (Å²) in [5.74, 6) is 0.982. The van der Waals surface area contributed by atoms with E-state index in [1.54, 1.807) is 24.4 Å². The molecule has 0 radical (unpaired) electrons. The highest BCUT2D eigenvalue weighted by Crippen LogP contribution is 2.24. The molecule has 1 aliphatic rings. The van der Waals surface area contributed by atoms with E-state index in [9.17, 15) is 4.79 Å². The van der Waals surface area contributed by atoms with Crippen molar-refractivity contribution in [1.29, 1.82) is 5.26 Å². The number of amides is 1. The zero-order valence-electron chi connectivity index (χ0n) is 14.2. The molecule has 1 atom stereocenters. The maximum absolute atomic E-state index is 12.9. The van der Waals surface area contributed by atoms with Gasteiger partial charge in [-0.2, -0.15) is 5.26 Å². The summed E-state index contributed by atoms with van der Waals surface area (Å²) in [6.45, 7) is 3.98. The molecule has 0 spiro atoms. The molecular formula is C18H21N5O. The molecule has 0 N–H and O–H groups in total. The molecule has 1 unspecified atom stereocenters. The Labute approximate surface area is 141 Å². The van der Waals surface area contributed by atoms with Crippen LogP contribution in [-0.4, -0.2) is 51.9 Å². The van der Waals surface area contributed by atoms with Gasteiger partial charge in [0, 0.05) is 44.6 Å². The van der Waals surface area contributed by atoms with Crippen LogP contribution in [0.2, 0.25) is 0 Å². The summed E-state index contributed by atoms with van der Waals surface area (Å²) < 4.78 is 2.00. The first-order valence-corrected chi connectivity index (χ1v) is 7.98. The molecule has 1 aromatic carbocycles. The third-order valence-electron chi connectivity index (χ3n) is 4.68. The molecule has 1 fully saturated rings. The average Bonchev–Trinajstić information content (AvgIpc) is 3.00. The van der Waals surface area contributed by atoms with Crippen LogP contribution < -0.4 is 0 Å². The number of rotatable bonds is 2. The van der Waals surface area contributed by atoms with E-state index in [4.69, 9.17) is 5.26 Å². The van der Waals surface area contributed by atoms with Crippen LogP contribution in [0.15, 0.2) is 30.6 Å². The second-order valence-electron chi connectivity index (χ2n) is 6.29. The van der Waals surface area contributed by atoms with Gasteiger partial charge < -0.3 is 9.47 Å². The van der Waals surface area contributed by atoms with Gasteiger partial charge in [0.05, 0.1) is 17.7 Å². The van der Waals surface area contributed by atoms with Gasteiger partial charge in [-0.25, -0.2) is 4.98 Å². The lowest BCUT2D eigenvalue weighted by Gasteiger charge is -2.39. The zero-order valence-corrected chi connectivity index (χ0v) is 14.2. The standard InChI is InChI=1S/C18H21N5O/c1-13-10-14(11-19)4-5-15(13)18(24)23-9-8-21(2)16(12-23)17-20-6-7-22(17)3/h4-7,10,16H,8-9,12H2,1-3H3. The van der Waals surface area contributed by atoms with E-state index in [2.05, 4.69) is 23.0 Å². The molecule has 24 heavy (non-hydrogen) atoms. The minimum atomic E-state index is 0.0179. The molecule has 0 aliphatic carbocycles. The van der Waals surface area contributed by atoms with Crippen molar-refractivity contribution in [2.75, 3.05) is 26.7 Å².